The standard InChI is InChI=1S/C26H31NO6S/c1-16(2)10-12-33-19-9-8-17(14-20(19)31-3)23-22(24(28)21-7-5-13-34-21)25(29)26(30)27(23)15-18-6-4-11-32-18/h5,7-9,13-14,16,18,23,29H,4,6,10-12,15H2,1-3H3. The molecule has 182 valence electrons. The predicted octanol–water partition coefficient (Wildman–Crippen LogP) is 4.94. The molecule has 1 aromatic heterocycles. The van der Waals surface area contributed by atoms with Gasteiger partial charge in [-0.25, -0.2) is 0 Å². The van der Waals surface area contributed by atoms with Crippen molar-refractivity contribution in [1.29, 1.82) is 0 Å². The van der Waals surface area contributed by atoms with Gasteiger partial charge < -0.3 is 24.2 Å². The van der Waals surface area contributed by atoms with E-state index >= 15 is 0 Å². The maximum Gasteiger partial charge on any atom is 0.290 e. The van der Waals surface area contributed by atoms with Crippen LogP contribution in [0, 0.1) is 5.92 Å². The van der Waals surface area contributed by atoms with Gasteiger partial charge in [-0.2, -0.15) is 0 Å². The van der Waals surface area contributed by atoms with Crippen LogP contribution in [0.3, 0.4) is 0 Å². The highest BCUT2D eigenvalue weighted by Gasteiger charge is 2.45. The number of ketones is 1. The molecule has 1 fully saturated rings. The number of carbonyl (C=O) groups is 2. The largest absolute Gasteiger partial charge is 0.503 e. The monoisotopic (exact) mass is 485 g/mol. The zero-order valence-electron chi connectivity index (χ0n) is 19.8. The summed E-state index contributed by atoms with van der Waals surface area (Å²) < 4.78 is 17.2. The fraction of sp³-hybridized carbons (Fsp3) is 0.462. The third kappa shape index (κ3) is 4.98. The summed E-state index contributed by atoms with van der Waals surface area (Å²) in [4.78, 5) is 28.5. The molecule has 7 nitrogen and oxygen atoms in total. The number of Topliss-reactive ketones (excluding diaryl/α,β-unsaturated/α-hetero) is 1. The van der Waals surface area contributed by atoms with Gasteiger partial charge in [0.2, 0.25) is 5.78 Å². The lowest BCUT2D eigenvalue weighted by atomic mass is 9.95. The number of nitrogens with zero attached hydrogens (tertiary/aromatic N) is 1. The summed E-state index contributed by atoms with van der Waals surface area (Å²) >= 11 is 1.28. The number of methoxy groups -OCH3 is 1. The van der Waals surface area contributed by atoms with Crippen LogP contribution in [-0.4, -0.2) is 54.7 Å². The summed E-state index contributed by atoms with van der Waals surface area (Å²) in [7, 11) is 1.56. The van der Waals surface area contributed by atoms with Crippen molar-refractivity contribution in [3.05, 3.63) is 57.5 Å². The number of thiophene rings is 1. The van der Waals surface area contributed by atoms with E-state index in [4.69, 9.17) is 14.2 Å². The second kappa shape index (κ2) is 10.6. The van der Waals surface area contributed by atoms with Crippen LogP contribution in [-0.2, 0) is 9.53 Å². The van der Waals surface area contributed by atoms with Gasteiger partial charge in [0.25, 0.3) is 5.91 Å². The summed E-state index contributed by atoms with van der Waals surface area (Å²) in [6, 6.07) is 8.14. The Balaban J connectivity index is 1.70. The first kappa shape index (κ1) is 24.3. The minimum atomic E-state index is -0.745. The van der Waals surface area contributed by atoms with Crippen LogP contribution in [0.25, 0.3) is 0 Å². The van der Waals surface area contributed by atoms with E-state index in [1.54, 1.807) is 41.7 Å². The SMILES string of the molecule is COc1cc(C2C(C(=O)c3cccs3)=C(O)C(=O)N2CC2CCCO2)ccc1OCCC(C)C. The number of hydrogen-bond acceptors (Lipinski definition) is 7. The zero-order chi connectivity index (χ0) is 24.2. The number of carbonyl (C=O) groups excluding carboxylic acids is 2. The van der Waals surface area contributed by atoms with Crippen molar-refractivity contribution in [2.75, 3.05) is 26.9 Å². The van der Waals surface area contributed by atoms with E-state index < -0.39 is 17.7 Å². The number of amides is 1. The summed E-state index contributed by atoms with van der Waals surface area (Å²) in [5, 5.41) is 12.6. The molecule has 4 rings (SSSR count). The van der Waals surface area contributed by atoms with E-state index in [-0.39, 0.29) is 17.5 Å². The Kier molecular flexibility index (Phi) is 7.58. The number of aliphatic hydroxyl groups excluding tert-OH is 1. The van der Waals surface area contributed by atoms with E-state index in [9.17, 15) is 14.7 Å². The average Bonchev–Trinajstić information content (AvgIpc) is 3.58. The molecule has 0 aliphatic carbocycles. The molecule has 0 radical (unpaired) electrons. The van der Waals surface area contributed by atoms with Crippen LogP contribution in [0.5, 0.6) is 11.5 Å². The first-order valence-electron chi connectivity index (χ1n) is 11.6. The molecule has 2 aliphatic heterocycles. The van der Waals surface area contributed by atoms with Gasteiger partial charge in [0, 0.05) is 13.2 Å². The Hall–Kier alpha value is -2.84. The summed E-state index contributed by atoms with van der Waals surface area (Å²) in [5.41, 5.74) is 0.754. The molecule has 3 heterocycles. The smallest absolute Gasteiger partial charge is 0.290 e. The van der Waals surface area contributed by atoms with Gasteiger partial charge in [0.1, 0.15) is 0 Å². The second-order valence-corrected chi connectivity index (χ2v) is 9.95. The molecule has 2 aliphatic rings. The van der Waals surface area contributed by atoms with Crippen molar-refractivity contribution in [1.82, 2.24) is 4.90 Å². The average molecular weight is 486 g/mol. The van der Waals surface area contributed by atoms with E-state index in [1.807, 2.05) is 6.07 Å². The highest BCUT2D eigenvalue weighted by molar-refractivity contribution is 7.12. The van der Waals surface area contributed by atoms with Gasteiger partial charge in [-0.15, -0.1) is 11.3 Å². The van der Waals surface area contributed by atoms with Crippen LogP contribution >= 0.6 is 11.3 Å². The summed E-state index contributed by atoms with van der Waals surface area (Å²) in [6.45, 7) is 5.77. The third-order valence-electron chi connectivity index (χ3n) is 6.17. The Morgan fingerprint density at radius 1 is 1.29 bits per heavy atom. The Bertz CT molecular complexity index is 1060. The van der Waals surface area contributed by atoms with Crippen LogP contribution < -0.4 is 9.47 Å². The lowest BCUT2D eigenvalue weighted by Gasteiger charge is -2.29. The number of ether oxygens (including phenoxy) is 3. The van der Waals surface area contributed by atoms with Crippen molar-refractivity contribution in [2.45, 2.75) is 45.3 Å². The zero-order valence-corrected chi connectivity index (χ0v) is 20.6. The first-order chi connectivity index (χ1) is 16.4. The normalized spacial score (nSPS) is 20.5. The van der Waals surface area contributed by atoms with Crippen molar-refractivity contribution in [3.8, 4) is 11.5 Å². The van der Waals surface area contributed by atoms with E-state index in [2.05, 4.69) is 13.8 Å². The molecular weight excluding hydrogens is 454 g/mol. The van der Waals surface area contributed by atoms with Gasteiger partial charge in [0.15, 0.2) is 17.3 Å². The molecule has 0 bridgehead atoms. The fourth-order valence-electron chi connectivity index (χ4n) is 4.35. The molecule has 2 aromatic rings. The molecule has 8 heteroatoms. The quantitative estimate of drug-likeness (QED) is 0.480. The number of hydrogen-bond donors (Lipinski definition) is 1. The summed E-state index contributed by atoms with van der Waals surface area (Å²) in [6.07, 6.45) is 2.54. The molecular formula is C26H31NO6S. The number of aliphatic hydroxyl groups is 1. The van der Waals surface area contributed by atoms with E-state index in [0.29, 0.717) is 47.6 Å². The van der Waals surface area contributed by atoms with Crippen molar-refractivity contribution < 1.29 is 28.9 Å². The molecule has 0 saturated carbocycles. The second-order valence-electron chi connectivity index (χ2n) is 9.01. The van der Waals surface area contributed by atoms with Crippen molar-refractivity contribution >= 4 is 23.0 Å². The van der Waals surface area contributed by atoms with Crippen LogP contribution in [0.1, 0.15) is 54.4 Å². The van der Waals surface area contributed by atoms with Gasteiger partial charge in [0.05, 0.1) is 36.3 Å². The molecule has 1 saturated heterocycles. The minimum absolute atomic E-state index is 0.0842. The van der Waals surface area contributed by atoms with E-state index in [0.717, 1.165) is 19.3 Å². The number of rotatable bonds is 10. The van der Waals surface area contributed by atoms with Crippen molar-refractivity contribution in [3.63, 3.8) is 0 Å². The molecule has 2 atom stereocenters. The molecule has 2 unspecified atom stereocenters. The maximum atomic E-state index is 13.4. The highest BCUT2D eigenvalue weighted by Crippen LogP contribution is 2.42. The molecule has 1 aromatic carbocycles. The number of benzene rings is 1. The Morgan fingerprint density at radius 3 is 2.76 bits per heavy atom. The van der Waals surface area contributed by atoms with Gasteiger partial charge >= 0.3 is 0 Å². The molecule has 1 N–H and O–H groups in total. The Morgan fingerprint density at radius 2 is 2.12 bits per heavy atom. The van der Waals surface area contributed by atoms with Crippen LogP contribution in [0.15, 0.2) is 47.0 Å². The lowest BCUT2D eigenvalue weighted by molar-refractivity contribution is -0.131. The summed E-state index contributed by atoms with van der Waals surface area (Å²) in [5.74, 6) is 0.215. The highest BCUT2D eigenvalue weighted by atomic mass is 32.1. The van der Waals surface area contributed by atoms with Gasteiger partial charge in [-0.05, 0) is 54.3 Å². The topological polar surface area (TPSA) is 85.3 Å². The maximum absolute atomic E-state index is 13.4. The Labute approximate surface area is 203 Å². The van der Waals surface area contributed by atoms with Gasteiger partial charge in [-0.1, -0.05) is 26.0 Å². The van der Waals surface area contributed by atoms with E-state index in [1.165, 1.54) is 11.3 Å². The minimum Gasteiger partial charge on any atom is -0.503 e. The molecule has 34 heavy (non-hydrogen) atoms. The van der Waals surface area contributed by atoms with Crippen LogP contribution in [0.2, 0.25) is 0 Å². The molecule has 0 spiro atoms. The lowest BCUT2D eigenvalue weighted by Crippen LogP contribution is -2.37. The van der Waals surface area contributed by atoms with Gasteiger partial charge in [-0.3, -0.25) is 9.59 Å². The fourth-order valence-corrected chi connectivity index (χ4v) is 5.02. The molecule has 1 amide bonds. The van der Waals surface area contributed by atoms with Crippen LogP contribution in [0.4, 0.5) is 0 Å². The third-order valence-corrected chi connectivity index (χ3v) is 7.04. The predicted molar refractivity (Wildman–Crippen MR) is 130 cm³/mol. The van der Waals surface area contributed by atoms with Crippen molar-refractivity contribution in [2.24, 2.45) is 5.92 Å². The first-order valence-corrected chi connectivity index (χ1v) is 12.5.